The van der Waals surface area contributed by atoms with Crippen molar-refractivity contribution < 1.29 is 18.3 Å². The fraction of sp³-hybridized carbons (Fsp3) is 0.161. The van der Waals surface area contributed by atoms with Crippen molar-refractivity contribution in [3.05, 3.63) is 125 Å². The number of carbonyl (C=O) groups is 1. The van der Waals surface area contributed by atoms with Gasteiger partial charge in [-0.15, -0.1) is 0 Å². The number of nitrogens with zero attached hydrogens (tertiary/aromatic N) is 1. The summed E-state index contributed by atoms with van der Waals surface area (Å²) in [5, 5.41) is 6.12. The van der Waals surface area contributed by atoms with Gasteiger partial charge in [0.1, 0.15) is 23.1 Å². The first-order valence-electron chi connectivity index (χ1n) is 12.3. The van der Waals surface area contributed by atoms with Crippen molar-refractivity contribution in [3.63, 3.8) is 0 Å². The number of rotatable bonds is 8. The second-order valence-corrected chi connectivity index (χ2v) is 9.28. The third-order valence-corrected chi connectivity index (χ3v) is 6.83. The summed E-state index contributed by atoms with van der Waals surface area (Å²) in [4.78, 5) is 17.4. The number of halogens is 2. The Morgan fingerprint density at radius 1 is 1.03 bits per heavy atom. The van der Waals surface area contributed by atoms with Crippen LogP contribution >= 0.6 is 0 Å². The molecule has 0 radical (unpaired) electrons. The van der Waals surface area contributed by atoms with Gasteiger partial charge in [-0.2, -0.15) is 0 Å². The van der Waals surface area contributed by atoms with Crippen LogP contribution < -0.4 is 15.4 Å². The fourth-order valence-corrected chi connectivity index (χ4v) is 4.57. The predicted octanol–water partition coefficient (Wildman–Crippen LogP) is 6.43. The highest BCUT2D eigenvalue weighted by Gasteiger charge is 2.31. The second kappa shape index (κ2) is 10.6. The number of hydrogen-bond acceptors (Lipinski definition) is 4. The largest absolute Gasteiger partial charge is 0.457 e. The lowest BCUT2D eigenvalue weighted by molar-refractivity contribution is 0.0949. The Balaban J connectivity index is 1.33. The number of likely N-dealkylation sites (N-methyl/N-ethyl adjacent to an activating group) is 1. The summed E-state index contributed by atoms with van der Waals surface area (Å²) in [6.07, 6.45) is 6.94. The molecule has 4 aromatic rings. The monoisotopic (exact) mass is 511 g/mol. The molecule has 5 nitrogen and oxygen atoms in total. The molecule has 1 atom stereocenters. The van der Waals surface area contributed by atoms with Crippen LogP contribution in [0.25, 0.3) is 11.3 Å². The van der Waals surface area contributed by atoms with Crippen molar-refractivity contribution in [1.82, 2.24) is 15.6 Å². The minimum absolute atomic E-state index is 0.00452. The Labute approximate surface area is 220 Å². The molecule has 1 heterocycles. The van der Waals surface area contributed by atoms with Crippen LogP contribution in [0.1, 0.15) is 33.5 Å². The maximum Gasteiger partial charge on any atom is 0.251 e. The van der Waals surface area contributed by atoms with Gasteiger partial charge in [0, 0.05) is 41.6 Å². The number of benzene rings is 3. The number of hydrogen-bond donors (Lipinski definition) is 2. The van der Waals surface area contributed by atoms with Gasteiger partial charge in [0.05, 0.1) is 11.2 Å². The molecule has 1 aliphatic rings. The summed E-state index contributed by atoms with van der Waals surface area (Å²) in [6, 6.07) is 20.3. The van der Waals surface area contributed by atoms with Gasteiger partial charge in [-0.1, -0.05) is 36.4 Å². The number of carbonyl (C=O) groups excluding carboxylic acids is 1. The molecule has 5 rings (SSSR count). The highest BCUT2D eigenvalue weighted by molar-refractivity contribution is 5.96. The molecule has 0 spiro atoms. The van der Waals surface area contributed by atoms with E-state index in [1.807, 2.05) is 25.2 Å². The number of amides is 1. The molecule has 1 amide bonds. The van der Waals surface area contributed by atoms with Crippen LogP contribution in [-0.4, -0.2) is 17.9 Å². The van der Waals surface area contributed by atoms with Gasteiger partial charge >= 0.3 is 0 Å². The van der Waals surface area contributed by atoms with Crippen molar-refractivity contribution in [2.45, 2.75) is 25.4 Å². The van der Waals surface area contributed by atoms with Crippen LogP contribution in [0, 0.1) is 18.6 Å². The Morgan fingerprint density at radius 3 is 2.50 bits per heavy atom. The van der Waals surface area contributed by atoms with E-state index in [4.69, 9.17) is 4.74 Å². The number of ether oxygens (including phenoxy) is 1. The summed E-state index contributed by atoms with van der Waals surface area (Å²) < 4.78 is 33.1. The van der Waals surface area contributed by atoms with Crippen molar-refractivity contribution in [2.75, 3.05) is 7.05 Å². The van der Waals surface area contributed by atoms with E-state index in [1.54, 1.807) is 37.4 Å². The van der Waals surface area contributed by atoms with E-state index in [1.165, 1.54) is 17.7 Å². The van der Waals surface area contributed by atoms with E-state index in [2.05, 4.69) is 39.9 Å². The lowest BCUT2D eigenvalue weighted by Crippen LogP contribution is -2.41. The van der Waals surface area contributed by atoms with E-state index in [0.717, 1.165) is 23.7 Å². The van der Waals surface area contributed by atoms with Gasteiger partial charge in [-0.3, -0.25) is 9.78 Å². The molecule has 7 heteroatoms. The van der Waals surface area contributed by atoms with E-state index in [-0.39, 0.29) is 18.0 Å². The van der Waals surface area contributed by atoms with Crippen LogP contribution in [0.4, 0.5) is 8.78 Å². The predicted molar refractivity (Wildman–Crippen MR) is 143 cm³/mol. The summed E-state index contributed by atoms with van der Waals surface area (Å²) in [5.74, 6) is -0.637. The summed E-state index contributed by atoms with van der Waals surface area (Å²) in [5.41, 5.74) is 4.16. The molecule has 1 unspecified atom stereocenters. The Kier molecular flexibility index (Phi) is 7.03. The Hall–Kier alpha value is -4.36. The van der Waals surface area contributed by atoms with Gasteiger partial charge in [0.2, 0.25) is 0 Å². The zero-order valence-corrected chi connectivity index (χ0v) is 21.1. The molecule has 0 aliphatic heterocycles. The topological polar surface area (TPSA) is 63.2 Å². The Bertz CT molecular complexity index is 1520. The molecule has 192 valence electrons. The number of nitrogens with one attached hydrogen (secondary N) is 2. The molecule has 38 heavy (non-hydrogen) atoms. The minimum Gasteiger partial charge on any atom is -0.457 e. The molecule has 0 bridgehead atoms. The van der Waals surface area contributed by atoms with E-state index >= 15 is 0 Å². The highest BCUT2D eigenvalue weighted by Crippen LogP contribution is 2.36. The standard InChI is InChI=1S/C31H27F2N3O2/c1-20-27(30(37)36-19-21-14-24(32)17-25(33)15-21)8-4-9-29(20)38-26-10-13-35-28(18-26)22-6-3-7-23(16-22)31(34-2)11-5-12-31/h3-11,13-18,34H,12,19H2,1-2H3,(H,36,37). The Morgan fingerprint density at radius 2 is 1.79 bits per heavy atom. The van der Waals surface area contributed by atoms with Crippen LogP contribution in [0.15, 0.2) is 91.1 Å². The maximum absolute atomic E-state index is 13.5. The molecular weight excluding hydrogens is 484 g/mol. The SMILES string of the molecule is CNC1(c2cccc(-c3cc(Oc4cccc(C(=O)NCc5cc(F)cc(F)c5)c4C)ccn3)c2)C=CC1. The molecule has 2 N–H and O–H groups in total. The third-order valence-electron chi connectivity index (χ3n) is 6.83. The van der Waals surface area contributed by atoms with Crippen LogP contribution in [-0.2, 0) is 12.1 Å². The average molecular weight is 512 g/mol. The summed E-state index contributed by atoms with van der Waals surface area (Å²) in [6.45, 7) is 1.79. The molecule has 1 aromatic heterocycles. The first-order chi connectivity index (χ1) is 18.4. The lowest BCUT2D eigenvalue weighted by atomic mass is 9.78. The maximum atomic E-state index is 13.5. The molecule has 0 saturated heterocycles. The van der Waals surface area contributed by atoms with Gasteiger partial charge < -0.3 is 15.4 Å². The average Bonchev–Trinajstić information content (AvgIpc) is 2.88. The quantitative estimate of drug-likeness (QED) is 0.268. The zero-order valence-electron chi connectivity index (χ0n) is 21.1. The van der Waals surface area contributed by atoms with E-state index in [0.29, 0.717) is 28.2 Å². The molecule has 0 saturated carbocycles. The summed E-state index contributed by atoms with van der Waals surface area (Å²) >= 11 is 0. The van der Waals surface area contributed by atoms with Crippen molar-refractivity contribution >= 4 is 5.91 Å². The van der Waals surface area contributed by atoms with E-state index < -0.39 is 11.6 Å². The second-order valence-electron chi connectivity index (χ2n) is 9.28. The van der Waals surface area contributed by atoms with Gasteiger partial charge in [0.15, 0.2) is 0 Å². The molecular formula is C31H27F2N3O2. The first kappa shape index (κ1) is 25.3. The first-order valence-corrected chi connectivity index (χ1v) is 12.3. The van der Waals surface area contributed by atoms with Crippen LogP contribution in [0.2, 0.25) is 0 Å². The van der Waals surface area contributed by atoms with Crippen molar-refractivity contribution in [3.8, 4) is 22.8 Å². The van der Waals surface area contributed by atoms with E-state index in [9.17, 15) is 13.6 Å². The summed E-state index contributed by atoms with van der Waals surface area (Å²) in [7, 11) is 1.96. The van der Waals surface area contributed by atoms with Gasteiger partial charge in [-0.05, 0) is 67.9 Å². The number of aromatic nitrogens is 1. The van der Waals surface area contributed by atoms with Crippen LogP contribution in [0.3, 0.4) is 0 Å². The number of pyridine rings is 1. The zero-order chi connectivity index (χ0) is 26.7. The smallest absolute Gasteiger partial charge is 0.251 e. The fourth-order valence-electron chi connectivity index (χ4n) is 4.57. The van der Waals surface area contributed by atoms with Crippen molar-refractivity contribution in [2.24, 2.45) is 0 Å². The molecule has 1 aliphatic carbocycles. The van der Waals surface area contributed by atoms with Crippen LogP contribution in [0.5, 0.6) is 11.5 Å². The normalized spacial score (nSPS) is 16.1. The van der Waals surface area contributed by atoms with Gasteiger partial charge in [-0.25, -0.2) is 8.78 Å². The third kappa shape index (κ3) is 5.19. The van der Waals surface area contributed by atoms with Crippen molar-refractivity contribution in [1.29, 1.82) is 0 Å². The molecule has 0 fully saturated rings. The molecule has 3 aromatic carbocycles. The minimum atomic E-state index is -0.689. The van der Waals surface area contributed by atoms with Gasteiger partial charge in [0.25, 0.3) is 5.91 Å². The highest BCUT2D eigenvalue weighted by atomic mass is 19.1. The lowest BCUT2D eigenvalue weighted by Gasteiger charge is -2.36.